The molecule has 3 aromatic rings. The number of methoxy groups -OCH3 is 1. The predicted molar refractivity (Wildman–Crippen MR) is 107 cm³/mol. The van der Waals surface area contributed by atoms with Crippen LogP contribution in [0.5, 0.6) is 5.75 Å². The van der Waals surface area contributed by atoms with Crippen molar-refractivity contribution < 1.29 is 26.9 Å². The lowest BCUT2D eigenvalue weighted by molar-refractivity contribution is -0.155. The third-order valence-corrected chi connectivity index (χ3v) is 5.36. The van der Waals surface area contributed by atoms with Gasteiger partial charge in [-0.05, 0) is 23.8 Å². The molecule has 0 aliphatic rings. The van der Waals surface area contributed by atoms with Crippen molar-refractivity contribution in [1.82, 2.24) is 0 Å². The van der Waals surface area contributed by atoms with Crippen LogP contribution in [-0.4, -0.2) is 21.5 Å². The molecule has 1 atom stereocenters. The molecule has 0 heterocycles. The molecule has 0 radical (unpaired) electrons. The Bertz CT molecular complexity index is 1050. The van der Waals surface area contributed by atoms with Gasteiger partial charge in [0, 0.05) is 5.56 Å². The van der Waals surface area contributed by atoms with Gasteiger partial charge >= 0.3 is 16.1 Å². The van der Waals surface area contributed by atoms with Gasteiger partial charge in [0.25, 0.3) is 0 Å². The Labute approximate surface area is 169 Å². The van der Waals surface area contributed by atoms with E-state index in [0.29, 0.717) is 0 Å². The maximum absolute atomic E-state index is 12.6. The van der Waals surface area contributed by atoms with E-state index in [1.54, 1.807) is 36.4 Å². The molecule has 3 rings (SSSR count). The fourth-order valence-corrected chi connectivity index (χ4v) is 3.65. The van der Waals surface area contributed by atoms with Gasteiger partial charge in [0.05, 0.1) is 13.7 Å². The SMILES string of the molecule is COC(=O)C(OCc1ccccc1)c1ccccc1OS(=O)(=O)c1ccccc1. The molecule has 3 aromatic carbocycles. The summed E-state index contributed by atoms with van der Waals surface area (Å²) in [5.41, 5.74) is 1.12. The van der Waals surface area contributed by atoms with E-state index in [1.807, 2.05) is 30.3 Å². The molecular formula is C22H20O6S. The number of ether oxygens (including phenoxy) is 2. The van der Waals surface area contributed by atoms with E-state index >= 15 is 0 Å². The third kappa shape index (κ3) is 5.22. The van der Waals surface area contributed by atoms with Gasteiger partial charge in [-0.1, -0.05) is 66.7 Å². The lowest BCUT2D eigenvalue weighted by Gasteiger charge is -2.19. The van der Waals surface area contributed by atoms with Crippen LogP contribution in [0.25, 0.3) is 0 Å². The van der Waals surface area contributed by atoms with Crippen molar-refractivity contribution in [3.8, 4) is 5.75 Å². The molecule has 0 saturated carbocycles. The number of benzene rings is 3. The van der Waals surface area contributed by atoms with E-state index in [2.05, 4.69) is 0 Å². The van der Waals surface area contributed by atoms with Crippen LogP contribution in [0, 0.1) is 0 Å². The van der Waals surface area contributed by atoms with Gasteiger partial charge in [0.1, 0.15) is 10.6 Å². The van der Waals surface area contributed by atoms with Crippen LogP contribution in [0.15, 0.2) is 89.8 Å². The number of hydrogen-bond donors (Lipinski definition) is 0. The lowest BCUT2D eigenvalue weighted by Crippen LogP contribution is -2.20. The number of para-hydroxylation sites is 1. The quantitative estimate of drug-likeness (QED) is 0.413. The van der Waals surface area contributed by atoms with Gasteiger partial charge in [-0.25, -0.2) is 4.79 Å². The summed E-state index contributed by atoms with van der Waals surface area (Å²) >= 11 is 0. The molecular weight excluding hydrogens is 392 g/mol. The standard InChI is InChI=1S/C22H20O6S/c1-26-22(23)21(27-16-17-10-4-2-5-11-17)19-14-8-9-15-20(19)28-29(24,25)18-12-6-3-7-13-18/h2-15,21H,16H2,1H3. The lowest BCUT2D eigenvalue weighted by atomic mass is 10.1. The highest BCUT2D eigenvalue weighted by molar-refractivity contribution is 7.87. The first-order valence-electron chi connectivity index (χ1n) is 8.83. The summed E-state index contributed by atoms with van der Waals surface area (Å²) in [6.45, 7) is 0.139. The van der Waals surface area contributed by atoms with Crippen LogP contribution in [0.2, 0.25) is 0 Å². The molecule has 0 spiro atoms. The minimum atomic E-state index is -4.08. The topological polar surface area (TPSA) is 78.9 Å². The van der Waals surface area contributed by atoms with Crippen LogP contribution in [0.4, 0.5) is 0 Å². The monoisotopic (exact) mass is 412 g/mol. The zero-order chi connectivity index (χ0) is 20.7. The summed E-state index contributed by atoms with van der Waals surface area (Å²) in [5.74, 6) is -0.658. The first kappa shape index (κ1) is 20.6. The van der Waals surface area contributed by atoms with E-state index < -0.39 is 22.2 Å². The Morgan fingerprint density at radius 2 is 1.45 bits per heavy atom. The van der Waals surface area contributed by atoms with Crippen LogP contribution in [0.3, 0.4) is 0 Å². The maximum Gasteiger partial charge on any atom is 0.339 e. The second kappa shape index (κ2) is 9.36. The van der Waals surface area contributed by atoms with Crippen LogP contribution in [-0.2, 0) is 31.0 Å². The minimum Gasteiger partial charge on any atom is -0.467 e. The average Bonchev–Trinajstić information content (AvgIpc) is 2.76. The van der Waals surface area contributed by atoms with E-state index in [-0.39, 0.29) is 22.8 Å². The number of rotatable bonds is 8. The first-order valence-corrected chi connectivity index (χ1v) is 10.2. The van der Waals surface area contributed by atoms with Crippen molar-refractivity contribution in [2.75, 3.05) is 7.11 Å². The summed E-state index contributed by atoms with van der Waals surface area (Å²) < 4.78 is 41.2. The van der Waals surface area contributed by atoms with Gasteiger partial charge in [-0.15, -0.1) is 0 Å². The fourth-order valence-electron chi connectivity index (χ4n) is 2.67. The van der Waals surface area contributed by atoms with E-state index in [1.165, 1.54) is 25.3 Å². The second-order valence-corrected chi connectivity index (χ2v) is 7.63. The molecule has 0 aliphatic heterocycles. The van der Waals surface area contributed by atoms with Gasteiger partial charge in [-0.2, -0.15) is 8.42 Å². The summed E-state index contributed by atoms with van der Waals surface area (Å²) in [4.78, 5) is 12.4. The zero-order valence-corrected chi connectivity index (χ0v) is 16.5. The second-order valence-electron chi connectivity index (χ2n) is 6.09. The molecule has 0 aliphatic carbocycles. The normalized spacial score (nSPS) is 12.2. The van der Waals surface area contributed by atoms with Crippen molar-refractivity contribution >= 4 is 16.1 Å². The fraction of sp³-hybridized carbons (Fsp3) is 0.136. The Morgan fingerprint density at radius 1 is 0.862 bits per heavy atom. The van der Waals surface area contributed by atoms with E-state index in [0.717, 1.165) is 5.56 Å². The van der Waals surface area contributed by atoms with Crippen molar-refractivity contribution in [2.24, 2.45) is 0 Å². The number of carbonyl (C=O) groups excluding carboxylic acids is 1. The highest BCUT2D eigenvalue weighted by atomic mass is 32.2. The molecule has 1 unspecified atom stereocenters. The van der Waals surface area contributed by atoms with Crippen molar-refractivity contribution in [2.45, 2.75) is 17.6 Å². The summed E-state index contributed by atoms with van der Waals surface area (Å²) in [5, 5.41) is 0. The highest BCUT2D eigenvalue weighted by Gasteiger charge is 2.28. The molecule has 0 saturated heterocycles. The zero-order valence-electron chi connectivity index (χ0n) is 15.7. The maximum atomic E-state index is 12.6. The van der Waals surface area contributed by atoms with Crippen molar-refractivity contribution in [1.29, 1.82) is 0 Å². The molecule has 0 amide bonds. The largest absolute Gasteiger partial charge is 0.467 e. The van der Waals surface area contributed by atoms with E-state index in [9.17, 15) is 13.2 Å². The molecule has 0 aromatic heterocycles. The Balaban J connectivity index is 1.90. The summed E-state index contributed by atoms with van der Waals surface area (Å²) in [6.07, 6.45) is -1.15. The molecule has 0 N–H and O–H groups in total. The van der Waals surface area contributed by atoms with Gasteiger partial charge in [0.2, 0.25) is 0 Å². The van der Waals surface area contributed by atoms with Gasteiger partial charge in [-0.3, -0.25) is 0 Å². The van der Waals surface area contributed by atoms with Crippen LogP contribution >= 0.6 is 0 Å². The molecule has 7 heteroatoms. The molecule has 150 valence electrons. The van der Waals surface area contributed by atoms with Crippen LogP contribution in [0.1, 0.15) is 17.2 Å². The summed E-state index contributed by atoms with van der Waals surface area (Å²) in [6, 6.07) is 23.4. The predicted octanol–water partition coefficient (Wildman–Crippen LogP) is 3.89. The minimum absolute atomic E-state index is 0.000172. The Morgan fingerprint density at radius 3 is 2.10 bits per heavy atom. The summed E-state index contributed by atoms with van der Waals surface area (Å²) in [7, 11) is -2.84. The third-order valence-electron chi connectivity index (χ3n) is 4.11. The molecule has 0 bridgehead atoms. The van der Waals surface area contributed by atoms with Crippen LogP contribution < -0.4 is 4.18 Å². The molecule has 6 nitrogen and oxygen atoms in total. The van der Waals surface area contributed by atoms with Crippen molar-refractivity contribution in [3.63, 3.8) is 0 Å². The van der Waals surface area contributed by atoms with Gasteiger partial charge in [0.15, 0.2) is 6.10 Å². The molecule has 29 heavy (non-hydrogen) atoms. The van der Waals surface area contributed by atoms with E-state index in [4.69, 9.17) is 13.7 Å². The number of hydrogen-bond acceptors (Lipinski definition) is 6. The highest BCUT2D eigenvalue weighted by Crippen LogP contribution is 2.31. The Hall–Kier alpha value is -3.16. The number of carbonyl (C=O) groups is 1. The first-order chi connectivity index (χ1) is 14.0. The number of esters is 1. The average molecular weight is 412 g/mol. The smallest absolute Gasteiger partial charge is 0.339 e. The Kier molecular flexibility index (Phi) is 6.64. The molecule has 0 fully saturated rings. The van der Waals surface area contributed by atoms with Crippen molar-refractivity contribution in [3.05, 3.63) is 96.1 Å². The van der Waals surface area contributed by atoms with Gasteiger partial charge < -0.3 is 13.7 Å².